The first-order valence-electron chi connectivity index (χ1n) is 18.3. The molecule has 3 aliphatic heterocycles. The number of hydrogen-bond donors (Lipinski definition) is 0. The summed E-state index contributed by atoms with van der Waals surface area (Å²) in [6.45, 7) is 11.5. The van der Waals surface area contributed by atoms with Crippen LogP contribution in [0.5, 0.6) is 0 Å². The van der Waals surface area contributed by atoms with Crippen LogP contribution in [0.3, 0.4) is 0 Å². The standard InChI is InChI=1S/C40H54O5/c1-25-14-19-40(43-24-25)26(2)37-35(45-40)23-33-30-13-12-28-21-29(15-17-38(28,3)32(30)16-18-39(33,37)4)44-36(41)22-31(34-11-8-20-42-34)27-9-6-5-7-10-27/h5-7,9-10,12,22,25-26,29-30,32-35,37H,8,11,13-21,23-24H2,1-4H3/b31-22-/t25-,26+,29+,30-,32+,33+,34?,35+,37+,38+,39+,40-/m1/s1. The lowest BCUT2D eigenvalue weighted by Gasteiger charge is -2.58. The fourth-order valence-electron chi connectivity index (χ4n) is 11.9. The number of allylic oxidation sites excluding steroid dienone is 1. The monoisotopic (exact) mass is 614 g/mol. The van der Waals surface area contributed by atoms with E-state index in [4.69, 9.17) is 18.9 Å². The smallest absolute Gasteiger partial charge is 0.331 e. The van der Waals surface area contributed by atoms with Crippen molar-refractivity contribution in [2.75, 3.05) is 13.2 Å². The Morgan fingerprint density at radius 2 is 1.84 bits per heavy atom. The van der Waals surface area contributed by atoms with E-state index >= 15 is 0 Å². The van der Waals surface area contributed by atoms with Crippen LogP contribution in [-0.4, -0.2) is 43.3 Å². The van der Waals surface area contributed by atoms with Gasteiger partial charge in [0.15, 0.2) is 5.79 Å². The second-order valence-electron chi connectivity index (χ2n) is 16.5. The van der Waals surface area contributed by atoms with Gasteiger partial charge in [-0.25, -0.2) is 4.79 Å². The second kappa shape index (κ2) is 11.3. The SMILES string of the molecule is C[C@@H]1CC[C@@]2(OC1)O[C@H]1C[C@H]3[C@@H]4CC=C5C[C@@H](OC(=O)/C=C(/c6ccccc6)C6CCCO6)CC[C@]5(C)[C@H]4CC[C@]3(C)[C@H]1[C@@H]2C. The highest BCUT2D eigenvalue weighted by Crippen LogP contribution is 2.70. The normalized spacial score (nSPS) is 47.4. The third-order valence-corrected chi connectivity index (χ3v) is 14.3. The lowest BCUT2D eigenvalue weighted by atomic mass is 9.47. The van der Waals surface area contributed by atoms with Gasteiger partial charge in [-0.05, 0) is 109 Å². The molecule has 5 nitrogen and oxygen atoms in total. The number of fused-ring (bicyclic) bond motifs is 7. The maximum atomic E-state index is 13.3. The van der Waals surface area contributed by atoms with Crippen molar-refractivity contribution in [2.24, 2.45) is 46.3 Å². The van der Waals surface area contributed by atoms with Gasteiger partial charge in [0.1, 0.15) is 6.10 Å². The molecule has 244 valence electrons. The first-order valence-corrected chi connectivity index (χ1v) is 18.3. The molecule has 12 atom stereocenters. The molecule has 1 spiro atoms. The number of carbonyl (C=O) groups is 1. The van der Waals surface area contributed by atoms with Crippen LogP contribution >= 0.6 is 0 Å². The van der Waals surface area contributed by atoms with Gasteiger partial charge in [0.2, 0.25) is 0 Å². The van der Waals surface area contributed by atoms with Crippen LogP contribution in [0.2, 0.25) is 0 Å². The van der Waals surface area contributed by atoms with Gasteiger partial charge in [-0.3, -0.25) is 0 Å². The van der Waals surface area contributed by atoms with Crippen molar-refractivity contribution in [2.45, 2.75) is 122 Å². The predicted octanol–water partition coefficient (Wildman–Crippen LogP) is 8.53. The molecule has 0 radical (unpaired) electrons. The van der Waals surface area contributed by atoms with Crippen LogP contribution in [0.4, 0.5) is 0 Å². The molecule has 1 aromatic rings. The predicted molar refractivity (Wildman–Crippen MR) is 175 cm³/mol. The first-order chi connectivity index (χ1) is 21.7. The van der Waals surface area contributed by atoms with Crippen molar-refractivity contribution in [1.82, 2.24) is 0 Å². The Balaban J connectivity index is 0.962. The number of rotatable bonds is 4. The van der Waals surface area contributed by atoms with Crippen molar-refractivity contribution < 1.29 is 23.7 Å². The summed E-state index contributed by atoms with van der Waals surface area (Å²) in [7, 11) is 0. The van der Waals surface area contributed by atoms with E-state index in [0.717, 1.165) is 74.7 Å². The summed E-state index contributed by atoms with van der Waals surface area (Å²) < 4.78 is 25.7. The lowest BCUT2D eigenvalue weighted by molar-refractivity contribution is -0.272. The Bertz CT molecular complexity index is 1340. The highest BCUT2D eigenvalue weighted by Gasteiger charge is 2.68. The van der Waals surface area contributed by atoms with Crippen molar-refractivity contribution in [3.63, 3.8) is 0 Å². The van der Waals surface area contributed by atoms with E-state index in [1.165, 1.54) is 32.1 Å². The maximum Gasteiger partial charge on any atom is 0.331 e. The molecule has 8 rings (SSSR count). The van der Waals surface area contributed by atoms with Crippen molar-refractivity contribution in [1.29, 1.82) is 0 Å². The summed E-state index contributed by atoms with van der Waals surface area (Å²) in [6, 6.07) is 10.2. The van der Waals surface area contributed by atoms with Crippen molar-refractivity contribution in [3.05, 3.63) is 53.6 Å². The molecule has 7 aliphatic rings. The number of ether oxygens (including phenoxy) is 4. The molecule has 3 heterocycles. The van der Waals surface area contributed by atoms with Crippen LogP contribution in [-0.2, 0) is 23.7 Å². The first kappa shape index (κ1) is 30.4. The van der Waals surface area contributed by atoms with E-state index < -0.39 is 0 Å². The third-order valence-electron chi connectivity index (χ3n) is 14.3. The van der Waals surface area contributed by atoms with E-state index in [0.29, 0.717) is 35.2 Å². The number of benzene rings is 1. The molecule has 0 bridgehead atoms. The summed E-state index contributed by atoms with van der Waals surface area (Å²) in [5.41, 5.74) is 4.11. The highest BCUT2D eigenvalue weighted by atomic mass is 16.7. The largest absolute Gasteiger partial charge is 0.459 e. The van der Waals surface area contributed by atoms with Crippen LogP contribution in [0.1, 0.15) is 104 Å². The van der Waals surface area contributed by atoms with Gasteiger partial charge in [0, 0.05) is 31.4 Å². The zero-order chi connectivity index (χ0) is 31.0. The fourth-order valence-corrected chi connectivity index (χ4v) is 11.9. The minimum atomic E-state index is -0.338. The molecule has 4 aliphatic carbocycles. The Labute approximate surface area is 270 Å². The molecule has 3 saturated heterocycles. The Morgan fingerprint density at radius 1 is 1.00 bits per heavy atom. The van der Waals surface area contributed by atoms with Crippen molar-refractivity contribution >= 4 is 11.5 Å². The number of carbonyl (C=O) groups excluding carboxylic acids is 1. The molecule has 45 heavy (non-hydrogen) atoms. The van der Waals surface area contributed by atoms with Gasteiger partial charge in [0.25, 0.3) is 0 Å². The molecule has 6 fully saturated rings. The zero-order valence-electron chi connectivity index (χ0n) is 28.0. The average molecular weight is 615 g/mol. The molecule has 1 aromatic carbocycles. The van der Waals surface area contributed by atoms with E-state index in [1.807, 2.05) is 18.2 Å². The molecule has 1 unspecified atom stereocenters. The number of esters is 1. The second-order valence-corrected chi connectivity index (χ2v) is 16.5. The fraction of sp³-hybridized carbons (Fsp3) is 0.725. The maximum absolute atomic E-state index is 13.3. The Hall–Kier alpha value is -1.95. The lowest BCUT2D eigenvalue weighted by Crippen LogP contribution is -2.52. The summed E-state index contributed by atoms with van der Waals surface area (Å²) in [6.07, 6.45) is 16.7. The van der Waals surface area contributed by atoms with E-state index in [2.05, 4.69) is 45.9 Å². The van der Waals surface area contributed by atoms with Crippen LogP contribution in [0.15, 0.2) is 48.1 Å². The summed E-state index contributed by atoms with van der Waals surface area (Å²) in [5.74, 6) is 3.31. The van der Waals surface area contributed by atoms with E-state index in [9.17, 15) is 4.79 Å². The van der Waals surface area contributed by atoms with Gasteiger partial charge >= 0.3 is 5.97 Å². The van der Waals surface area contributed by atoms with Gasteiger partial charge in [-0.15, -0.1) is 0 Å². The molecule has 0 aromatic heterocycles. The summed E-state index contributed by atoms with van der Waals surface area (Å²) in [4.78, 5) is 13.3. The summed E-state index contributed by atoms with van der Waals surface area (Å²) >= 11 is 0. The quantitative estimate of drug-likeness (QED) is 0.193. The number of hydrogen-bond acceptors (Lipinski definition) is 5. The minimum absolute atomic E-state index is 0.0301. The summed E-state index contributed by atoms with van der Waals surface area (Å²) in [5, 5.41) is 0. The molecular weight excluding hydrogens is 560 g/mol. The average Bonchev–Trinajstić information content (AvgIpc) is 3.74. The minimum Gasteiger partial charge on any atom is -0.459 e. The topological polar surface area (TPSA) is 54.0 Å². The molecular formula is C40H54O5. The van der Waals surface area contributed by atoms with Crippen LogP contribution < -0.4 is 0 Å². The molecule has 3 saturated carbocycles. The highest BCUT2D eigenvalue weighted by molar-refractivity contribution is 5.92. The van der Waals surface area contributed by atoms with Crippen molar-refractivity contribution in [3.8, 4) is 0 Å². The molecule has 0 N–H and O–H groups in total. The van der Waals surface area contributed by atoms with E-state index in [1.54, 1.807) is 11.6 Å². The van der Waals surface area contributed by atoms with Gasteiger partial charge < -0.3 is 18.9 Å². The Kier molecular flexibility index (Phi) is 7.66. The van der Waals surface area contributed by atoms with Gasteiger partial charge in [0.05, 0.1) is 18.8 Å². The zero-order valence-corrected chi connectivity index (χ0v) is 28.0. The molecule has 0 amide bonds. The Morgan fingerprint density at radius 3 is 2.60 bits per heavy atom. The third kappa shape index (κ3) is 4.92. The van der Waals surface area contributed by atoms with E-state index in [-0.39, 0.29) is 29.4 Å². The van der Waals surface area contributed by atoms with Gasteiger partial charge in [-0.1, -0.05) is 69.7 Å². The van der Waals surface area contributed by atoms with Crippen LogP contribution in [0, 0.1) is 46.3 Å². The molecule has 5 heteroatoms. The van der Waals surface area contributed by atoms with Crippen LogP contribution in [0.25, 0.3) is 5.57 Å². The van der Waals surface area contributed by atoms with Gasteiger partial charge in [-0.2, -0.15) is 0 Å².